The Kier molecular flexibility index (Phi) is 11.5. The summed E-state index contributed by atoms with van der Waals surface area (Å²) >= 11 is 1.68. The summed E-state index contributed by atoms with van der Waals surface area (Å²) in [6, 6.07) is 5.21. The van der Waals surface area contributed by atoms with Crippen LogP contribution in [0.1, 0.15) is 46.4 Å². The third-order valence-electron chi connectivity index (χ3n) is 6.87. The number of nitriles is 1. The molecule has 0 unspecified atom stereocenters. The van der Waals surface area contributed by atoms with Gasteiger partial charge >= 0.3 is 6.03 Å². The molecule has 4 heterocycles. The van der Waals surface area contributed by atoms with Gasteiger partial charge in [-0.1, -0.05) is 0 Å². The number of ether oxygens (including phenoxy) is 1. The highest BCUT2D eigenvalue weighted by Gasteiger charge is 2.28. The number of aryl methyl sites for hydroxylation is 1. The van der Waals surface area contributed by atoms with Crippen molar-refractivity contribution in [1.29, 1.82) is 5.26 Å². The highest BCUT2D eigenvalue weighted by molar-refractivity contribution is 7.98. The van der Waals surface area contributed by atoms with Gasteiger partial charge in [0.2, 0.25) is 5.91 Å². The van der Waals surface area contributed by atoms with Crippen LogP contribution < -0.4 is 15.5 Å². The molecule has 214 valence electrons. The number of fused-ring (bicyclic) bond motifs is 1. The molecule has 2 aliphatic heterocycles. The minimum Gasteiger partial charge on any atom is -0.383 e. The van der Waals surface area contributed by atoms with Gasteiger partial charge < -0.3 is 15.0 Å². The maximum absolute atomic E-state index is 13.3. The Morgan fingerprint density at radius 1 is 1.32 bits per heavy atom. The molecule has 0 radical (unpaired) electrons. The minimum atomic E-state index is -0.424. The SMILES string of the molecule is CSCCNc1cc(NC(=O)N2CCCc3cc(CN(C)C(=O)C4CCOCC4)c(C=O)nc32)ncc1C#N.Cl. The molecule has 40 heavy (non-hydrogen) atoms. The van der Waals surface area contributed by atoms with Gasteiger partial charge in [0.05, 0.1) is 11.3 Å². The summed E-state index contributed by atoms with van der Waals surface area (Å²) in [7, 11) is 1.74. The molecule has 11 nitrogen and oxygen atoms in total. The molecule has 2 aliphatic rings. The molecule has 0 bridgehead atoms. The highest BCUT2D eigenvalue weighted by Crippen LogP contribution is 2.29. The number of anilines is 3. The zero-order chi connectivity index (χ0) is 27.8. The van der Waals surface area contributed by atoms with Crippen molar-refractivity contribution >= 4 is 59.7 Å². The molecule has 13 heteroatoms. The van der Waals surface area contributed by atoms with Gasteiger partial charge in [0, 0.05) is 69.4 Å². The second kappa shape index (κ2) is 14.8. The van der Waals surface area contributed by atoms with Gasteiger partial charge in [-0.25, -0.2) is 14.8 Å². The summed E-state index contributed by atoms with van der Waals surface area (Å²) in [6.07, 6.45) is 6.91. The molecule has 0 spiro atoms. The normalized spacial score (nSPS) is 14.8. The Balaban J connectivity index is 0.00000441. The lowest BCUT2D eigenvalue weighted by atomic mass is 9.98. The highest BCUT2D eigenvalue weighted by atomic mass is 35.5. The molecule has 2 N–H and O–H groups in total. The molecule has 2 aromatic heterocycles. The number of carbonyl (C=O) groups is 3. The first kappa shape index (κ1) is 31.1. The van der Waals surface area contributed by atoms with E-state index in [-0.39, 0.29) is 36.5 Å². The lowest BCUT2D eigenvalue weighted by Gasteiger charge is -2.30. The fraction of sp³-hybridized carbons (Fsp3) is 0.481. The number of aldehydes is 1. The monoisotopic (exact) mass is 587 g/mol. The van der Waals surface area contributed by atoms with Gasteiger partial charge in [0.15, 0.2) is 6.29 Å². The van der Waals surface area contributed by atoms with Crippen LogP contribution in [-0.2, 0) is 22.5 Å². The van der Waals surface area contributed by atoms with Crippen LogP contribution in [0.15, 0.2) is 18.3 Å². The van der Waals surface area contributed by atoms with E-state index in [1.54, 1.807) is 29.8 Å². The van der Waals surface area contributed by atoms with Crippen LogP contribution >= 0.6 is 24.2 Å². The summed E-state index contributed by atoms with van der Waals surface area (Å²) < 4.78 is 5.36. The molecule has 0 aromatic carbocycles. The van der Waals surface area contributed by atoms with Crippen LogP contribution in [0.25, 0.3) is 0 Å². The Hall–Kier alpha value is -3.40. The topological polar surface area (TPSA) is 141 Å². The molecule has 1 fully saturated rings. The van der Waals surface area contributed by atoms with E-state index in [0.29, 0.717) is 80.3 Å². The molecule has 3 amide bonds. The van der Waals surface area contributed by atoms with Gasteiger partial charge in [-0.3, -0.25) is 19.8 Å². The van der Waals surface area contributed by atoms with Gasteiger partial charge in [0.1, 0.15) is 23.4 Å². The number of halogens is 1. The molecular weight excluding hydrogens is 554 g/mol. The molecule has 0 aliphatic carbocycles. The van der Waals surface area contributed by atoms with E-state index in [1.807, 2.05) is 12.3 Å². The number of nitrogens with one attached hydrogen (secondary N) is 2. The Labute approximate surface area is 244 Å². The first-order valence-corrected chi connectivity index (χ1v) is 14.4. The fourth-order valence-corrected chi connectivity index (χ4v) is 5.10. The molecule has 2 aromatic rings. The number of thioether (sulfide) groups is 1. The standard InChI is InChI=1S/C27H33N7O4S.ClH/c1-33(26(36)18-5-9-38-10-6-18)16-20-12-19-4-3-8-34(25(19)31-23(20)17-35)27(37)32-24-13-22(29-7-11-39-2)21(14-28)15-30-24;/h12-13,15,17-18H,3-11,16H2,1-2H3,(H2,29,30,32,37);1H. The van der Waals surface area contributed by atoms with Gasteiger partial charge in [0.25, 0.3) is 0 Å². The predicted molar refractivity (Wildman–Crippen MR) is 157 cm³/mol. The number of amides is 3. The quantitative estimate of drug-likeness (QED) is 0.331. The summed E-state index contributed by atoms with van der Waals surface area (Å²) in [4.78, 5) is 50.1. The van der Waals surface area contributed by atoms with E-state index in [0.717, 1.165) is 17.7 Å². The second-order valence-electron chi connectivity index (χ2n) is 9.55. The smallest absolute Gasteiger partial charge is 0.328 e. The van der Waals surface area contributed by atoms with Crippen molar-refractivity contribution in [2.24, 2.45) is 5.92 Å². The van der Waals surface area contributed by atoms with E-state index < -0.39 is 6.03 Å². The first-order chi connectivity index (χ1) is 18.9. The Morgan fingerprint density at radius 2 is 2.10 bits per heavy atom. The third kappa shape index (κ3) is 7.41. The summed E-state index contributed by atoms with van der Waals surface area (Å²) in [6.45, 7) is 2.52. The summed E-state index contributed by atoms with van der Waals surface area (Å²) in [5, 5.41) is 15.4. The van der Waals surface area contributed by atoms with Gasteiger partial charge in [-0.05, 0) is 43.6 Å². The summed E-state index contributed by atoms with van der Waals surface area (Å²) in [5.74, 6) is 1.55. The molecule has 0 saturated carbocycles. The van der Waals surface area contributed by atoms with Crippen molar-refractivity contribution in [1.82, 2.24) is 14.9 Å². The van der Waals surface area contributed by atoms with Crippen LogP contribution in [0.2, 0.25) is 0 Å². The molecular formula is C27H34ClN7O4S. The molecule has 4 rings (SSSR count). The average Bonchev–Trinajstić information content (AvgIpc) is 2.96. The number of nitrogens with zero attached hydrogens (tertiary/aromatic N) is 5. The summed E-state index contributed by atoms with van der Waals surface area (Å²) in [5.41, 5.74) is 2.69. The maximum atomic E-state index is 13.3. The van der Waals surface area contributed by atoms with Gasteiger partial charge in [-0.15, -0.1) is 12.4 Å². The Morgan fingerprint density at radius 3 is 2.80 bits per heavy atom. The van der Waals surface area contributed by atoms with E-state index in [2.05, 4.69) is 26.7 Å². The number of carbonyl (C=O) groups excluding carboxylic acids is 3. The number of urea groups is 1. The number of aromatic nitrogens is 2. The fourth-order valence-electron chi connectivity index (χ4n) is 4.80. The van der Waals surface area contributed by atoms with Crippen molar-refractivity contribution in [2.75, 3.05) is 60.9 Å². The van der Waals surface area contributed by atoms with Crippen LogP contribution in [-0.4, -0.2) is 78.5 Å². The van der Waals surface area contributed by atoms with Crippen molar-refractivity contribution < 1.29 is 19.1 Å². The second-order valence-corrected chi connectivity index (χ2v) is 10.5. The third-order valence-corrected chi connectivity index (χ3v) is 7.48. The van der Waals surface area contributed by atoms with Crippen molar-refractivity contribution in [3.63, 3.8) is 0 Å². The largest absolute Gasteiger partial charge is 0.383 e. The van der Waals surface area contributed by atoms with E-state index >= 15 is 0 Å². The maximum Gasteiger partial charge on any atom is 0.328 e. The zero-order valence-corrected chi connectivity index (χ0v) is 24.3. The number of pyridine rings is 2. The lowest BCUT2D eigenvalue weighted by molar-refractivity contribution is -0.137. The first-order valence-electron chi connectivity index (χ1n) is 13.0. The van der Waals surface area contributed by atoms with Crippen LogP contribution in [0.4, 0.5) is 22.1 Å². The average molecular weight is 588 g/mol. The molecule has 1 saturated heterocycles. The zero-order valence-electron chi connectivity index (χ0n) is 22.6. The van der Waals surface area contributed by atoms with Crippen molar-refractivity contribution in [3.05, 3.63) is 40.7 Å². The van der Waals surface area contributed by atoms with E-state index in [4.69, 9.17) is 4.74 Å². The number of hydrogen-bond donors (Lipinski definition) is 2. The van der Waals surface area contributed by atoms with Crippen molar-refractivity contribution in [2.45, 2.75) is 32.2 Å². The van der Waals surface area contributed by atoms with Crippen molar-refractivity contribution in [3.8, 4) is 6.07 Å². The van der Waals surface area contributed by atoms with Crippen LogP contribution in [0.3, 0.4) is 0 Å². The van der Waals surface area contributed by atoms with Gasteiger partial charge in [-0.2, -0.15) is 17.0 Å². The van der Waals surface area contributed by atoms with Crippen LogP contribution in [0, 0.1) is 17.2 Å². The molecule has 0 atom stereocenters. The van der Waals surface area contributed by atoms with E-state index in [9.17, 15) is 19.6 Å². The van der Waals surface area contributed by atoms with E-state index in [1.165, 1.54) is 11.1 Å². The predicted octanol–water partition coefficient (Wildman–Crippen LogP) is 3.73. The number of hydrogen-bond acceptors (Lipinski definition) is 9. The Bertz CT molecular complexity index is 1270. The lowest BCUT2D eigenvalue weighted by Crippen LogP contribution is -2.40. The number of rotatable bonds is 9. The van der Waals surface area contributed by atoms with Crippen LogP contribution in [0.5, 0.6) is 0 Å². The minimum absolute atomic E-state index is 0.